The molecule has 0 aromatic heterocycles. The highest BCUT2D eigenvalue weighted by atomic mass is 28.4. The Morgan fingerprint density at radius 3 is 2.22 bits per heavy atom. The van der Waals surface area contributed by atoms with Crippen molar-refractivity contribution >= 4 is 14.3 Å². The number of esters is 1. The van der Waals surface area contributed by atoms with Crippen LogP contribution in [0.3, 0.4) is 0 Å². The first kappa shape index (κ1) is 23.5. The molecule has 0 spiro atoms. The molecule has 0 fully saturated rings. The van der Waals surface area contributed by atoms with E-state index in [0.717, 1.165) is 31.4 Å². The van der Waals surface area contributed by atoms with E-state index >= 15 is 0 Å². The van der Waals surface area contributed by atoms with E-state index in [-0.39, 0.29) is 11.0 Å². The monoisotopic (exact) mass is 390 g/mol. The fourth-order valence-corrected chi connectivity index (χ4v) is 3.85. The Morgan fingerprint density at radius 2 is 1.70 bits per heavy atom. The zero-order chi connectivity index (χ0) is 20.7. The van der Waals surface area contributed by atoms with Crippen LogP contribution in [0.15, 0.2) is 24.3 Å². The zero-order valence-electron chi connectivity index (χ0n) is 18.6. The van der Waals surface area contributed by atoms with Crippen molar-refractivity contribution in [3.8, 4) is 5.75 Å². The molecule has 1 aromatic rings. The first-order chi connectivity index (χ1) is 12.5. The molecule has 0 saturated heterocycles. The molecule has 3 nitrogen and oxygen atoms in total. The maximum Gasteiger partial charge on any atom is 0.330 e. The highest BCUT2D eigenvalue weighted by Crippen LogP contribution is 2.39. The Labute approximate surface area is 167 Å². The lowest BCUT2D eigenvalue weighted by molar-refractivity contribution is -0.137. The van der Waals surface area contributed by atoms with Gasteiger partial charge in [0, 0.05) is 6.08 Å². The lowest BCUT2D eigenvalue weighted by Gasteiger charge is -2.37. The van der Waals surface area contributed by atoms with Crippen molar-refractivity contribution in [3.63, 3.8) is 0 Å². The number of carbonyl (C=O) groups is 1. The summed E-state index contributed by atoms with van der Waals surface area (Å²) in [6, 6.07) is 4.54. The molecule has 0 bridgehead atoms. The first-order valence-electron chi connectivity index (χ1n) is 10.1. The minimum absolute atomic E-state index is 0.196. The number of hydrogen-bond donors (Lipinski definition) is 0. The third-order valence-corrected chi connectivity index (χ3v) is 9.64. The molecule has 0 N–H and O–H groups in total. The summed E-state index contributed by atoms with van der Waals surface area (Å²) in [7, 11) is -1.83. The first-order valence-corrected chi connectivity index (χ1v) is 13.0. The van der Waals surface area contributed by atoms with Crippen LogP contribution in [0.5, 0.6) is 5.75 Å². The summed E-state index contributed by atoms with van der Waals surface area (Å²) in [5, 5.41) is 0.196. The van der Waals surface area contributed by atoms with Gasteiger partial charge in [-0.05, 0) is 81.3 Å². The Morgan fingerprint density at radius 1 is 1.11 bits per heavy atom. The molecule has 152 valence electrons. The van der Waals surface area contributed by atoms with Gasteiger partial charge in [0.1, 0.15) is 5.75 Å². The minimum atomic E-state index is -1.83. The summed E-state index contributed by atoms with van der Waals surface area (Å²) in [5.74, 6) is 0.823. The lowest BCUT2D eigenvalue weighted by Crippen LogP contribution is -2.44. The number of rotatable bonds is 9. The van der Waals surface area contributed by atoms with Crippen LogP contribution in [0.4, 0.5) is 0 Å². The number of hydrogen-bond acceptors (Lipinski definition) is 3. The summed E-state index contributed by atoms with van der Waals surface area (Å²) in [6.45, 7) is 18.0. The third-order valence-electron chi connectivity index (χ3n) is 5.31. The van der Waals surface area contributed by atoms with Gasteiger partial charge in [0.05, 0.1) is 6.61 Å². The molecule has 0 atom stereocenters. The van der Waals surface area contributed by atoms with E-state index in [9.17, 15) is 4.79 Å². The predicted octanol–water partition coefficient (Wildman–Crippen LogP) is 6.52. The molecule has 0 radical (unpaired) electrons. The largest absolute Gasteiger partial charge is 0.543 e. The molecular formula is C23H38O3Si. The number of allylic oxidation sites excluding steroid dienone is 1. The number of carbonyl (C=O) groups excluding carboxylic acids is 1. The highest BCUT2D eigenvalue weighted by molar-refractivity contribution is 6.74. The van der Waals surface area contributed by atoms with Crippen LogP contribution >= 0.6 is 0 Å². The topological polar surface area (TPSA) is 35.5 Å². The van der Waals surface area contributed by atoms with Gasteiger partial charge < -0.3 is 9.16 Å². The van der Waals surface area contributed by atoms with Crippen molar-refractivity contribution in [1.29, 1.82) is 0 Å². The normalized spacial score (nSPS) is 12.4. The molecule has 0 heterocycles. The van der Waals surface area contributed by atoms with E-state index in [1.54, 1.807) is 0 Å². The molecule has 1 rings (SSSR count). The predicted molar refractivity (Wildman–Crippen MR) is 117 cm³/mol. The van der Waals surface area contributed by atoms with Gasteiger partial charge in [-0.15, -0.1) is 0 Å². The molecule has 0 saturated carbocycles. The van der Waals surface area contributed by atoms with Crippen LogP contribution in [0, 0.1) is 13.8 Å². The molecule has 0 unspecified atom stereocenters. The smallest absolute Gasteiger partial charge is 0.330 e. The van der Waals surface area contributed by atoms with Gasteiger partial charge in [-0.25, -0.2) is 4.79 Å². The Balaban J connectivity index is 2.62. The van der Waals surface area contributed by atoms with Crippen molar-refractivity contribution in [2.24, 2.45) is 0 Å². The van der Waals surface area contributed by atoms with Crippen molar-refractivity contribution in [2.75, 3.05) is 6.61 Å². The summed E-state index contributed by atoms with van der Waals surface area (Å²) in [6.07, 6.45) is 7.57. The molecular weight excluding hydrogens is 352 g/mol. The van der Waals surface area contributed by atoms with Gasteiger partial charge in [-0.2, -0.15) is 0 Å². The molecule has 0 aliphatic heterocycles. The fourth-order valence-electron chi connectivity index (χ4n) is 2.71. The van der Waals surface area contributed by atoms with Crippen LogP contribution in [0.25, 0.3) is 0 Å². The second kappa shape index (κ2) is 10.1. The van der Waals surface area contributed by atoms with Crippen LogP contribution in [-0.4, -0.2) is 20.9 Å². The van der Waals surface area contributed by atoms with Crippen LogP contribution in [-0.2, 0) is 16.0 Å². The SMILES string of the molecule is CCOC(=O)/C=C/CCCCc1cc(C)c(O[Si](C)(C)C(C)(C)C)c(C)c1. The number of ether oxygens (including phenoxy) is 1. The maximum absolute atomic E-state index is 11.2. The summed E-state index contributed by atoms with van der Waals surface area (Å²) >= 11 is 0. The molecule has 0 aliphatic carbocycles. The average molecular weight is 391 g/mol. The molecule has 1 aromatic carbocycles. The van der Waals surface area contributed by atoms with E-state index < -0.39 is 8.32 Å². The molecule has 4 heteroatoms. The van der Waals surface area contributed by atoms with E-state index in [4.69, 9.17) is 9.16 Å². The zero-order valence-corrected chi connectivity index (χ0v) is 19.6. The van der Waals surface area contributed by atoms with Gasteiger partial charge in [-0.1, -0.05) is 39.0 Å². The number of benzene rings is 1. The summed E-state index contributed by atoms with van der Waals surface area (Å²) < 4.78 is 11.4. The van der Waals surface area contributed by atoms with Gasteiger partial charge in [0.15, 0.2) is 0 Å². The standard InChI is InChI=1S/C23H38O3Si/c1-9-25-21(24)15-13-11-10-12-14-20-16-18(2)22(19(3)17-20)26-27(7,8)23(4,5)6/h13,15-17H,9-12,14H2,1-8H3/b15-13+. The molecule has 0 aliphatic rings. The van der Waals surface area contributed by atoms with Crippen LogP contribution in [0.1, 0.15) is 63.6 Å². The Kier molecular flexibility index (Phi) is 8.80. The number of unbranched alkanes of at least 4 members (excludes halogenated alkanes) is 2. The lowest BCUT2D eigenvalue weighted by atomic mass is 10.0. The van der Waals surface area contributed by atoms with Crippen molar-refractivity contribution in [1.82, 2.24) is 0 Å². The quantitative estimate of drug-likeness (QED) is 0.208. The number of aryl methyl sites for hydroxylation is 3. The Bertz CT molecular complexity index is 631. The third kappa shape index (κ3) is 7.53. The highest BCUT2D eigenvalue weighted by Gasteiger charge is 2.39. The summed E-state index contributed by atoms with van der Waals surface area (Å²) in [5.41, 5.74) is 3.83. The van der Waals surface area contributed by atoms with Gasteiger partial charge in [0.25, 0.3) is 8.32 Å². The van der Waals surface area contributed by atoms with Crippen LogP contribution in [0.2, 0.25) is 18.1 Å². The average Bonchev–Trinajstić information content (AvgIpc) is 2.53. The van der Waals surface area contributed by atoms with E-state index in [0.29, 0.717) is 6.61 Å². The van der Waals surface area contributed by atoms with E-state index in [2.05, 4.69) is 59.8 Å². The van der Waals surface area contributed by atoms with E-state index in [1.165, 1.54) is 22.8 Å². The molecule has 27 heavy (non-hydrogen) atoms. The van der Waals surface area contributed by atoms with Crippen LogP contribution < -0.4 is 4.43 Å². The van der Waals surface area contributed by atoms with Gasteiger partial charge >= 0.3 is 5.97 Å². The van der Waals surface area contributed by atoms with Crippen molar-refractivity contribution in [3.05, 3.63) is 41.0 Å². The fraction of sp³-hybridized carbons (Fsp3) is 0.609. The summed E-state index contributed by atoms with van der Waals surface area (Å²) in [4.78, 5) is 11.2. The second-order valence-corrected chi connectivity index (χ2v) is 13.5. The van der Waals surface area contributed by atoms with Gasteiger partial charge in [0.2, 0.25) is 0 Å². The van der Waals surface area contributed by atoms with Crippen molar-refractivity contribution < 1.29 is 14.0 Å². The van der Waals surface area contributed by atoms with Gasteiger partial charge in [-0.3, -0.25) is 0 Å². The minimum Gasteiger partial charge on any atom is -0.543 e. The second-order valence-electron chi connectivity index (χ2n) is 8.82. The van der Waals surface area contributed by atoms with E-state index in [1.807, 2.05) is 13.0 Å². The molecule has 0 amide bonds. The maximum atomic E-state index is 11.2. The Hall–Kier alpha value is -1.55. The van der Waals surface area contributed by atoms with Crippen molar-refractivity contribution in [2.45, 2.75) is 85.4 Å².